The highest BCUT2D eigenvalue weighted by molar-refractivity contribution is 5.94. The minimum atomic E-state index is -1.10. The second-order valence-electron chi connectivity index (χ2n) is 4.53. The van der Waals surface area contributed by atoms with Crippen LogP contribution in [0.2, 0.25) is 0 Å². The van der Waals surface area contributed by atoms with Gasteiger partial charge in [0.25, 0.3) is 5.91 Å². The molecule has 0 aliphatic heterocycles. The number of hydrogen-bond donors (Lipinski definition) is 2. The molecule has 0 aliphatic carbocycles. The smallest absolute Gasteiger partial charge is 0.326 e. The highest BCUT2D eigenvalue weighted by Gasteiger charge is 2.21. The van der Waals surface area contributed by atoms with Crippen molar-refractivity contribution in [3.05, 3.63) is 35.6 Å². The maximum Gasteiger partial charge on any atom is 0.326 e. The van der Waals surface area contributed by atoms with Crippen LogP contribution in [0.3, 0.4) is 0 Å². The van der Waals surface area contributed by atoms with Gasteiger partial charge in [-0.05, 0) is 31.2 Å². The van der Waals surface area contributed by atoms with Crippen molar-refractivity contribution < 1.29 is 23.9 Å². The first-order valence-electron chi connectivity index (χ1n) is 6.35. The van der Waals surface area contributed by atoms with Crippen LogP contribution in [0.25, 0.3) is 0 Å². The summed E-state index contributed by atoms with van der Waals surface area (Å²) in [6, 6.07) is 4.09. The van der Waals surface area contributed by atoms with Gasteiger partial charge in [0.15, 0.2) is 0 Å². The number of rotatable bonds is 6. The van der Waals surface area contributed by atoms with Gasteiger partial charge >= 0.3 is 5.97 Å². The molecule has 0 aliphatic rings. The van der Waals surface area contributed by atoms with E-state index in [9.17, 15) is 18.8 Å². The maximum absolute atomic E-state index is 12.7. The lowest BCUT2D eigenvalue weighted by atomic mass is 10.2. The first kappa shape index (κ1) is 16.6. The number of carbonyl (C=O) groups is 3. The third-order valence-corrected chi connectivity index (χ3v) is 3.06. The van der Waals surface area contributed by atoms with Gasteiger partial charge < -0.3 is 15.3 Å². The number of halogens is 1. The summed E-state index contributed by atoms with van der Waals surface area (Å²) in [6.07, 6.45) is -0.0128. The molecular weight excluding hydrogens is 279 g/mol. The third kappa shape index (κ3) is 4.87. The molecular formula is C14H17FN2O4. The van der Waals surface area contributed by atoms with Crippen LogP contribution in [0.1, 0.15) is 23.7 Å². The second kappa shape index (κ2) is 7.37. The van der Waals surface area contributed by atoms with Crippen LogP contribution >= 0.6 is 0 Å². The van der Waals surface area contributed by atoms with Crippen molar-refractivity contribution >= 4 is 17.8 Å². The van der Waals surface area contributed by atoms with Gasteiger partial charge in [-0.2, -0.15) is 0 Å². The van der Waals surface area contributed by atoms with E-state index in [2.05, 4.69) is 5.32 Å². The van der Waals surface area contributed by atoms with E-state index in [0.29, 0.717) is 0 Å². The summed E-state index contributed by atoms with van der Waals surface area (Å²) >= 11 is 0. The molecule has 21 heavy (non-hydrogen) atoms. The van der Waals surface area contributed by atoms with Crippen molar-refractivity contribution in [1.29, 1.82) is 0 Å². The Morgan fingerprint density at radius 2 is 1.86 bits per heavy atom. The van der Waals surface area contributed by atoms with Crippen LogP contribution in [0, 0.1) is 5.82 Å². The van der Waals surface area contributed by atoms with Gasteiger partial charge in [0.05, 0.1) is 0 Å². The Hall–Kier alpha value is -2.44. The first-order chi connectivity index (χ1) is 9.82. The molecule has 0 radical (unpaired) electrons. The molecule has 0 heterocycles. The number of carboxylic acid groups (broad SMARTS) is 1. The molecule has 1 unspecified atom stereocenters. The Balaban J connectivity index is 2.42. The number of benzene rings is 1. The van der Waals surface area contributed by atoms with Crippen molar-refractivity contribution in [2.24, 2.45) is 0 Å². The normalized spacial score (nSPS) is 11.6. The molecule has 0 saturated heterocycles. The van der Waals surface area contributed by atoms with Gasteiger partial charge in [0.2, 0.25) is 5.91 Å². The molecule has 1 aromatic rings. The lowest BCUT2D eigenvalue weighted by molar-refractivity contribution is -0.148. The van der Waals surface area contributed by atoms with Gasteiger partial charge in [0.1, 0.15) is 11.9 Å². The zero-order chi connectivity index (χ0) is 16.0. The molecule has 1 atom stereocenters. The van der Waals surface area contributed by atoms with E-state index in [-0.39, 0.29) is 24.4 Å². The fourth-order valence-corrected chi connectivity index (χ4v) is 1.54. The van der Waals surface area contributed by atoms with Crippen LogP contribution in [-0.2, 0) is 9.59 Å². The van der Waals surface area contributed by atoms with Gasteiger partial charge in [-0.3, -0.25) is 9.59 Å². The van der Waals surface area contributed by atoms with Crippen LogP contribution in [0.15, 0.2) is 24.3 Å². The molecule has 0 fully saturated rings. The number of carbonyl (C=O) groups excluding carboxylic acids is 2. The Morgan fingerprint density at radius 1 is 1.29 bits per heavy atom. The fraction of sp³-hybridized carbons (Fsp3) is 0.357. The molecule has 0 spiro atoms. The Bertz CT molecular complexity index is 530. The van der Waals surface area contributed by atoms with E-state index in [1.165, 1.54) is 38.2 Å². The van der Waals surface area contributed by atoms with E-state index in [1.807, 2.05) is 0 Å². The average molecular weight is 296 g/mol. The number of nitrogens with one attached hydrogen (secondary N) is 1. The van der Waals surface area contributed by atoms with Gasteiger partial charge in [-0.25, -0.2) is 9.18 Å². The van der Waals surface area contributed by atoms with Crippen molar-refractivity contribution in [3.8, 4) is 0 Å². The van der Waals surface area contributed by atoms with E-state index >= 15 is 0 Å². The summed E-state index contributed by atoms with van der Waals surface area (Å²) in [5, 5.41) is 11.3. The molecule has 114 valence electrons. The summed E-state index contributed by atoms with van der Waals surface area (Å²) in [4.78, 5) is 35.3. The monoisotopic (exact) mass is 296 g/mol. The van der Waals surface area contributed by atoms with E-state index in [0.717, 1.165) is 4.90 Å². The summed E-state index contributed by atoms with van der Waals surface area (Å²) < 4.78 is 12.7. The van der Waals surface area contributed by atoms with Gasteiger partial charge in [-0.15, -0.1) is 0 Å². The number of carboxylic acids is 1. The second-order valence-corrected chi connectivity index (χ2v) is 4.53. The predicted octanol–water partition coefficient (Wildman–Crippen LogP) is 0.877. The van der Waals surface area contributed by atoms with Crippen LogP contribution in [0.4, 0.5) is 4.39 Å². The largest absolute Gasteiger partial charge is 0.480 e. The number of aliphatic carboxylic acids is 1. The molecule has 1 rings (SSSR count). The minimum Gasteiger partial charge on any atom is -0.480 e. The topological polar surface area (TPSA) is 86.7 Å². The van der Waals surface area contributed by atoms with Crippen molar-refractivity contribution in [1.82, 2.24) is 10.2 Å². The van der Waals surface area contributed by atoms with E-state index in [1.54, 1.807) is 0 Å². The lowest BCUT2D eigenvalue weighted by Gasteiger charge is -2.21. The van der Waals surface area contributed by atoms with Gasteiger partial charge in [0, 0.05) is 25.6 Å². The molecule has 2 amide bonds. The maximum atomic E-state index is 12.7. The highest BCUT2D eigenvalue weighted by atomic mass is 19.1. The number of hydrogen-bond acceptors (Lipinski definition) is 3. The zero-order valence-corrected chi connectivity index (χ0v) is 11.8. The third-order valence-electron chi connectivity index (χ3n) is 3.06. The van der Waals surface area contributed by atoms with Crippen LogP contribution in [0.5, 0.6) is 0 Å². The Labute approximate surface area is 121 Å². The lowest BCUT2D eigenvalue weighted by Crippen LogP contribution is -2.41. The van der Waals surface area contributed by atoms with Crippen molar-refractivity contribution in [3.63, 3.8) is 0 Å². The number of amides is 2. The molecule has 7 heteroatoms. The molecule has 0 saturated carbocycles. The van der Waals surface area contributed by atoms with E-state index < -0.39 is 23.7 Å². The van der Waals surface area contributed by atoms with Crippen molar-refractivity contribution in [2.45, 2.75) is 19.4 Å². The zero-order valence-electron chi connectivity index (χ0n) is 11.8. The average Bonchev–Trinajstić information content (AvgIpc) is 2.45. The Morgan fingerprint density at radius 3 is 2.38 bits per heavy atom. The molecule has 2 N–H and O–H groups in total. The van der Waals surface area contributed by atoms with Crippen LogP contribution in [-0.4, -0.2) is 47.4 Å². The fourth-order valence-electron chi connectivity index (χ4n) is 1.54. The quantitative estimate of drug-likeness (QED) is 0.815. The molecule has 1 aromatic carbocycles. The summed E-state index contributed by atoms with van der Waals surface area (Å²) in [5.74, 6) is -2.34. The summed E-state index contributed by atoms with van der Waals surface area (Å²) in [7, 11) is 1.39. The van der Waals surface area contributed by atoms with E-state index in [4.69, 9.17) is 5.11 Å². The predicted molar refractivity (Wildman–Crippen MR) is 73.2 cm³/mol. The molecule has 0 bridgehead atoms. The summed E-state index contributed by atoms with van der Waals surface area (Å²) in [6.45, 7) is 1.48. The van der Waals surface area contributed by atoms with Gasteiger partial charge in [-0.1, -0.05) is 0 Å². The SMILES string of the molecule is CC(C(=O)O)N(C)C(=O)CCNC(=O)c1ccc(F)cc1. The molecule has 0 aromatic heterocycles. The summed E-state index contributed by atoms with van der Waals surface area (Å²) in [5.41, 5.74) is 0.288. The minimum absolute atomic E-state index is 0.0128. The van der Waals surface area contributed by atoms with Crippen LogP contribution < -0.4 is 5.32 Å². The first-order valence-corrected chi connectivity index (χ1v) is 6.35. The Kier molecular flexibility index (Phi) is 5.83. The molecule has 6 nitrogen and oxygen atoms in total. The number of likely N-dealkylation sites (N-methyl/N-ethyl adjacent to an activating group) is 1. The van der Waals surface area contributed by atoms with Crippen molar-refractivity contribution in [2.75, 3.05) is 13.6 Å². The number of nitrogens with zero attached hydrogens (tertiary/aromatic N) is 1. The standard InChI is InChI=1S/C14H17FN2O4/c1-9(14(20)21)17(2)12(18)7-8-16-13(19)10-3-5-11(15)6-4-10/h3-6,9H,7-8H2,1-2H3,(H,16,19)(H,20,21). The highest BCUT2D eigenvalue weighted by Crippen LogP contribution is 2.03.